The molecule has 5 heteroatoms. The first-order chi connectivity index (χ1) is 36.0. The van der Waals surface area contributed by atoms with Crippen molar-refractivity contribution >= 4 is 0 Å². The van der Waals surface area contributed by atoms with Crippen LogP contribution in [-0.2, 0) is 18.9 Å². The molecule has 4 aliphatic carbocycles. The Balaban J connectivity index is 0.000000431. The topological polar surface area (TPSA) is 57.2 Å². The molecule has 0 aromatic heterocycles. The van der Waals surface area contributed by atoms with Crippen molar-refractivity contribution in [3.05, 3.63) is 145 Å². The number of methoxy groups -OCH3 is 4. The van der Waals surface area contributed by atoms with Gasteiger partial charge in [-0.3, -0.25) is 0 Å². The molecule has 0 amide bonds. The van der Waals surface area contributed by atoms with E-state index in [1.165, 1.54) is 127 Å². The van der Waals surface area contributed by atoms with Crippen LogP contribution in [0.5, 0.6) is 0 Å². The van der Waals surface area contributed by atoms with Crippen LogP contribution < -0.4 is 0 Å². The molecule has 420 valence electrons. The van der Waals surface area contributed by atoms with Gasteiger partial charge in [-0.15, -0.1) is 0 Å². The molecule has 4 unspecified atom stereocenters. The number of aliphatic hydroxyl groups is 1. The molecule has 0 spiro atoms. The van der Waals surface area contributed by atoms with Crippen molar-refractivity contribution in [2.24, 2.45) is 35.5 Å². The summed E-state index contributed by atoms with van der Waals surface area (Å²) in [6.07, 6.45) is 31.9. The zero-order valence-corrected chi connectivity index (χ0v) is 49.5. The Kier molecular flexibility index (Phi) is 44.6. The Morgan fingerprint density at radius 3 is 0.716 bits per heavy atom. The summed E-state index contributed by atoms with van der Waals surface area (Å²) in [6.45, 7) is 16.3. The van der Waals surface area contributed by atoms with Gasteiger partial charge in [0.25, 0.3) is 0 Å². The molecule has 74 heavy (non-hydrogen) atoms. The molecule has 0 aliphatic heterocycles. The smallest absolute Gasteiger partial charge is 0.0574 e. The lowest BCUT2D eigenvalue weighted by molar-refractivity contribution is 0.00814. The number of aryl methyl sites for hydroxylation is 2. The third kappa shape index (κ3) is 40.0. The molecule has 4 aliphatic rings. The summed E-state index contributed by atoms with van der Waals surface area (Å²) >= 11 is 0. The highest BCUT2D eigenvalue weighted by Gasteiger charge is 2.24. The van der Waals surface area contributed by atoms with Gasteiger partial charge in [0.15, 0.2) is 0 Å². The average Bonchev–Trinajstić information content (AvgIpc) is 3.41. The van der Waals surface area contributed by atoms with Gasteiger partial charge in [-0.05, 0) is 114 Å². The van der Waals surface area contributed by atoms with Gasteiger partial charge >= 0.3 is 0 Å². The number of hydrogen-bond donors (Lipinski definition) is 1. The molecule has 4 saturated carbocycles. The highest BCUT2D eigenvalue weighted by molar-refractivity contribution is 5.12. The fourth-order valence-corrected chi connectivity index (χ4v) is 10.3. The summed E-state index contributed by atoms with van der Waals surface area (Å²) in [5.41, 5.74) is 2.64. The van der Waals surface area contributed by atoms with Crippen molar-refractivity contribution in [1.29, 1.82) is 0 Å². The van der Waals surface area contributed by atoms with Crippen LogP contribution in [0, 0.1) is 49.4 Å². The van der Waals surface area contributed by atoms with Gasteiger partial charge in [0.2, 0.25) is 0 Å². The minimum Gasteiger partial charge on any atom is -0.396 e. The third-order valence-corrected chi connectivity index (χ3v) is 15.4. The van der Waals surface area contributed by atoms with Gasteiger partial charge in [0.1, 0.15) is 0 Å². The van der Waals surface area contributed by atoms with E-state index < -0.39 is 0 Å². The van der Waals surface area contributed by atoms with Crippen LogP contribution in [-0.4, -0.2) is 64.6 Å². The average molecular weight is 1020 g/mol. The zero-order chi connectivity index (χ0) is 54.3. The first kappa shape index (κ1) is 68.7. The van der Waals surface area contributed by atoms with E-state index in [0.717, 1.165) is 61.7 Å². The monoisotopic (exact) mass is 1020 g/mol. The number of hydrogen-bond acceptors (Lipinski definition) is 5. The van der Waals surface area contributed by atoms with Crippen molar-refractivity contribution in [2.75, 3.05) is 35.0 Å². The van der Waals surface area contributed by atoms with Crippen LogP contribution >= 0.6 is 0 Å². The summed E-state index contributed by atoms with van der Waals surface area (Å²) in [4.78, 5) is 0. The zero-order valence-electron chi connectivity index (χ0n) is 49.5. The summed E-state index contributed by atoms with van der Waals surface area (Å²) < 4.78 is 21.7. The van der Waals surface area contributed by atoms with E-state index in [9.17, 15) is 5.11 Å². The minimum absolute atomic E-state index is 0.250. The molecule has 0 radical (unpaired) electrons. The summed E-state index contributed by atoms with van der Waals surface area (Å²) in [5.74, 6) is 5.15. The Labute approximate surface area is 457 Å². The molecule has 4 atom stereocenters. The van der Waals surface area contributed by atoms with Crippen LogP contribution in [0.2, 0.25) is 0 Å². The second kappa shape index (κ2) is 48.1. The molecule has 0 saturated heterocycles. The van der Waals surface area contributed by atoms with E-state index in [0.29, 0.717) is 30.3 Å². The number of ether oxygens (including phenoxy) is 4. The second-order valence-electron chi connectivity index (χ2n) is 22.3. The predicted octanol–water partition coefficient (Wildman–Crippen LogP) is 19.2. The van der Waals surface area contributed by atoms with Crippen molar-refractivity contribution in [3.63, 3.8) is 0 Å². The van der Waals surface area contributed by atoms with Crippen LogP contribution in [0.1, 0.15) is 193 Å². The molecule has 1 N–H and O–H groups in total. The second-order valence-corrected chi connectivity index (χ2v) is 22.3. The van der Waals surface area contributed by atoms with Crippen LogP contribution in [0.15, 0.2) is 133 Å². The van der Waals surface area contributed by atoms with E-state index in [4.69, 9.17) is 18.9 Å². The minimum atomic E-state index is 0.250. The molecule has 4 aromatic carbocycles. The maximum atomic E-state index is 9.22. The highest BCUT2D eigenvalue weighted by Crippen LogP contribution is 2.29. The lowest BCUT2D eigenvalue weighted by Gasteiger charge is -2.28. The molecule has 0 heterocycles. The van der Waals surface area contributed by atoms with Crippen molar-refractivity contribution < 1.29 is 24.1 Å². The summed E-state index contributed by atoms with van der Waals surface area (Å²) in [5, 5.41) is 9.22. The van der Waals surface area contributed by atoms with Gasteiger partial charge < -0.3 is 24.1 Å². The van der Waals surface area contributed by atoms with E-state index >= 15 is 0 Å². The first-order valence-electron chi connectivity index (χ1n) is 29.7. The van der Waals surface area contributed by atoms with E-state index in [-0.39, 0.29) is 6.61 Å². The predicted molar refractivity (Wildman–Crippen MR) is 321 cm³/mol. The Hall–Kier alpha value is -3.32. The SMILES string of the molecule is CC1CCCC(C)CCC1.CC1CCCC(C)CCC1.CCC1CC(OC)CCCC(OC)C1.COC1CCCC(OC)CC(CO)C1.Cc1ccccc1.Cc1ccccc1.c1ccccc1.c1ccccc1. The standard InChI is InChI=1S/C12H24O2.C11H22O3.2C10H20.2C7H8.2C6H6/c1-4-10-8-11(13-2)6-5-7-12(9-10)14-3;1-13-10-4-3-5-11(14-2)7-9(6-10)8-12;2*1-9-5-3-7-10(2)8-4-6-9;2*1-7-5-3-2-4-6-7;2*1-2-4-6-5-3-1/h10-12H,4-9H2,1-3H3;9-12H,3-8H2,1-2H3;2*9-10H,3-8H2,1-2H3;2*2-6H,1H3;2*1-6H. The molecular weight excluding hydrogens is 909 g/mol. The lowest BCUT2D eigenvalue weighted by Crippen LogP contribution is -2.27. The van der Waals surface area contributed by atoms with Gasteiger partial charge in [-0.25, -0.2) is 0 Å². The number of benzene rings is 4. The molecule has 4 aromatic rings. The van der Waals surface area contributed by atoms with Gasteiger partial charge in [-0.2, -0.15) is 0 Å². The highest BCUT2D eigenvalue weighted by atomic mass is 16.5. The fraction of sp³-hybridized carbons (Fsp3) is 0.652. The van der Waals surface area contributed by atoms with Crippen LogP contribution in [0.3, 0.4) is 0 Å². The summed E-state index contributed by atoms with van der Waals surface area (Å²) in [7, 11) is 7.20. The van der Waals surface area contributed by atoms with E-state index in [1.807, 2.05) is 123 Å². The molecular formula is C69H114O5. The Bertz CT molecular complexity index is 1440. The molecule has 4 fully saturated rings. The van der Waals surface area contributed by atoms with Gasteiger partial charge in [0.05, 0.1) is 24.4 Å². The molecule has 0 bridgehead atoms. The van der Waals surface area contributed by atoms with Gasteiger partial charge in [0, 0.05) is 35.0 Å². The summed E-state index contributed by atoms with van der Waals surface area (Å²) in [6, 6.07) is 44.5. The number of aliphatic hydroxyl groups excluding tert-OH is 1. The molecule has 5 nitrogen and oxygen atoms in total. The van der Waals surface area contributed by atoms with Crippen LogP contribution in [0.25, 0.3) is 0 Å². The first-order valence-corrected chi connectivity index (χ1v) is 29.7. The fourth-order valence-electron chi connectivity index (χ4n) is 10.3. The molecule has 8 rings (SSSR count). The number of rotatable bonds is 6. The largest absolute Gasteiger partial charge is 0.396 e. The van der Waals surface area contributed by atoms with Crippen LogP contribution in [0.4, 0.5) is 0 Å². The van der Waals surface area contributed by atoms with Crippen molar-refractivity contribution in [1.82, 2.24) is 0 Å². The van der Waals surface area contributed by atoms with E-state index in [2.05, 4.69) is 72.7 Å². The maximum Gasteiger partial charge on any atom is 0.0574 e. The third-order valence-electron chi connectivity index (χ3n) is 15.4. The maximum absolute atomic E-state index is 9.22. The Morgan fingerprint density at radius 1 is 0.338 bits per heavy atom. The normalized spacial score (nSPS) is 26.1. The van der Waals surface area contributed by atoms with Gasteiger partial charge in [-0.1, -0.05) is 263 Å². The quantitative estimate of drug-likeness (QED) is 0.209. The van der Waals surface area contributed by atoms with E-state index in [1.54, 1.807) is 14.2 Å². The Morgan fingerprint density at radius 2 is 0.541 bits per heavy atom. The lowest BCUT2D eigenvalue weighted by atomic mass is 9.86. The van der Waals surface area contributed by atoms with Crippen molar-refractivity contribution in [3.8, 4) is 0 Å². The van der Waals surface area contributed by atoms with Crippen molar-refractivity contribution in [2.45, 2.75) is 221 Å².